The van der Waals surface area contributed by atoms with Gasteiger partial charge in [-0.2, -0.15) is 4.99 Å². The summed E-state index contributed by atoms with van der Waals surface area (Å²) in [5, 5.41) is 0. The quantitative estimate of drug-likeness (QED) is 0.394. The molecule has 0 radical (unpaired) electrons. The number of benzene rings is 2. The van der Waals surface area contributed by atoms with E-state index >= 15 is 0 Å². The highest BCUT2D eigenvalue weighted by Crippen LogP contribution is 2.22. The highest BCUT2D eigenvalue weighted by atomic mass is 32.2. The van der Waals surface area contributed by atoms with Crippen LogP contribution in [-0.4, -0.2) is 29.4 Å². The molecule has 1 heterocycles. The molecule has 0 aliphatic heterocycles. The first kappa shape index (κ1) is 20.8. The van der Waals surface area contributed by atoms with Gasteiger partial charge in [0.15, 0.2) is 4.80 Å². The zero-order valence-electron chi connectivity index (χ0n) is 16.8. The van der Waals surface area contributed by atoms with Crippen molar-refractivity contribution in [2.24, 2.45) is 4.99 Å². The molecule has 3 rings (SSSR count). The summed E-state index contributed by atoms with van der Waals surface area (Å²) in [6.07, 6.45) is 0. The minimum Gasteiger partial charge on any atom is -0.380 e. The molecule has 0 spiro atoms. The van der Waals surface area contributed by atoms with Gasteiger partial charge in [0, 0.05) is 23.6 Å². The Morgan fingerprint density at radius 3 is 2.54 bits per heavy atom. The first-order valence-electron chi connectivity index (χ1n) is 9.53. The van der Waals surface area contributed by atoms with Crippen LogP contribution in [0.15, 0.2) is 46.3 Å². The van der Waals surface area contributed by atoms with Gasteiger partial charge in [0.1, 0.15) is 0 Å². The van der Waals surface area contributed by atoms with E-state index in [0.29, 0.717) is 25.3 Å². The van der Waals surface area contributed by atoms with Gasteiger partial charge in [-0.3, -0.25) is 4.79 Å². The van der Waals surface area contributed by atoms with E-state index in [1.807, 2.05) is 31.2 Å². The van der Waals surface area contributed by atoms with Crippen LogP contribution in [-0.2, 0) is 11.3 Å². The molecule has 0 N–H and O–H groups in total. The van der Waals surface area contributed by atoms with Crippen LogP contribution in [0, 0.1) is 13.8 Å². The molecule has 0 atom stereocenters. The number of nitrogens with zero attached hydrogens (tertiary/aromatic N) is 2. The van der Waals surface area contributed by atoms with Crippen molar-refractivity contribution < 1.29 is 9.53 Å². The van der Waals surface area contributed by atoms with E-state index in [4.69, 9.17) is 4.74 Å². The van der Waals surface area contributed by atoms with Crippen molar-refractivity contribution in [1.29, 1.82) is 0 Å². The summed E-state index contributed by atoms with van der Waals surface area (Å²) in [6, 6.07) is 12.0. The molecule has 0 aliphatic carbocycles. The van der Waals surface area contributed by atoms with Crippen molar-refractivity contribution in [2.45, 2.75) is 39.1 Å². The van der Waals surface area contributed by atoms with Crippen molar-refractivity contribution in [3.8, 4) is 0 Å². The number of thiazole rings is 1. The first-order chi connectivity index (χ1) is 13.5. The third-order valence-corrected chi connectivity index (χ3v) is 6.51. The van der Waals surface area contributed by atoms with Gasteiger partial charge in [-0.1, -0.05) is 18.3 Å². The lowest BCUT2D eigenvalue weighted by molar-refractivity contribution is 0.0996. The lowest BCUT2D eigenvalue weighted by atomic mass is 10.1. The molecule has 1 amide bonds. The fourth-order valence-electron chi connectivity index (χ4n) is 2.93. The zero-order valence-corrected chi connectivity index (χ0v) is 18.5. The average Bonchev–Trinajstić information content (AvgIpc) is 2.99. The van der Waals surface area contributed by atoms with Gasteiger partial charge < -0.3 is 9.30 Å². The molecule has 0 bridgehead atoms. The Morgan fingerprint density at radius 1 is 1.14 bits per heavy atom. The van der Waals surface area contributed by atoms with Crippen LogP contribution in [0.5, 0.6) is 0 Å². The Hall–Kier alpha value is -1.89. The number of fused-ring (bicyclic) bond motifs is 1. The number of rotatable bonds is 7. The largest absolute Gasteiger partial charge is 0.380 e. The second kappa shape index (κ2) is 9.54. The molecule has 148 valence electrons. The highest BCUT2D eigenvalue weighted by molar-refractivity contribution is 7.99. The Morgan fingerprint density at radius 2 is 1.86 bits per heavy atom. The molecule has 0 saturated carbocycles. The maximum Gasteiger partial charge on any atom is 0.279 e. The summed E-state index contributed by atoms with van der Waals surface area (Å²) in [7, 11) is 0. The van der Waals surface area contributed by atoms with Gasteiger partial charge in [-0.25, -0.2) is 0 Å². The third kappa shape index (κ3) is 4.74. The van der Waals surface area contributed by atoms with Gasteiger partial charge in [0.25, 0.3) is 5.91 Å². The Kier molecular flexibility index (Phi) is 7.10. The van der Waals surface area contributed by atoms with Crippen LogP contribution in [0.25, 0.3) is 10.2 Å². The molecule has 3 aromatic rings. The molecular weight excluding hydrogens is 388 g/mol. The lowest BCUT2D eigenvalue weighted by Crippen LogP contribution is -2.19. The normalized spacial score (nSPS) is 12.1. The molecule has 0 fully saturated rings. The maximum atomic E-state index is 12.8. The predicted molar refractivity (Wildman–Crippen MR) is 119 cm³/mol. The molecule has 6 heteroatoms. The second-order valence-corrected chi connectivity index (χ2v) is 8.86. The smallest absolute Gasteiger partial charge is 0.279 e. The molecule has 4 nitrogen and oxygen atoms in total. The van der Waals surface area contributed by atoms with Crippen LogP contribution < -0.4 is 4.80 Å². The minimum atomic E-state index is -0.210. The van der Waals surface area contributed by atoms with Crippen LogP contribution in [0.3, 0.4) is 0 Å². The summed E-state index contributed by atoms with van der Waals surface area (Å²) in [6.45, 7) is 10.3. The van der Waals surface area contributed by atoms with Crippen molar-refractivity contribution >= 4 is 39.2 Å². The molecule has 2 aromatic carbocycles. The van der Waals surface area contributed by atoms with Crippen LogP contribution in [0.4, 0.5) is 0 Å². The number of hydrogen-bond acceptors (Lipinski definition) is 4. The standard InChI is InChI=1S/C22H26N2O2S2/c1-5-26-12-11-24-19-13-15(3)16(4)14-20(19)28-22(24)23-21(25)17-7-9-18(10-8-17)27-6-2/h7-10,13-14H,5-6,11-12H2,1-4H3. The number of aromatic nitrogens is 1. The molecule has 1 aromatic heterocycles. The molecule has 0 unspecified atom stereocenters. The summed E-state index contributed by atoms with van der Waals surface area (Å²) in [4.78, 5) is 19.1. The lowest BCUT2D eigenvalue weighted by Gasteiger charge is -2.07. The number of thioether (sulfide) groups is 1. The molecule has 0 saturated heterocycles. The fourth-order valence-corrected chi connectivity index (χ4v) is 4.73. The van der Waals surface area contributed by atoms with Gasteiger partial charge in [-0.15, -0.1) is 11.8 Å². The number of carbonyl (C=O) groups is 1. The average molecular weight is 415 g/mol. The van der Waals surface area contributed by atoms with Crippen LogP contribution in [0.1, 0.15) is 35.3 Å². The van der Waals surface area contributed by atoms with Gasteiger partial charge in [0.2, 0.25) is 0 Å². The van der Waals surface area contributed by atoms with E-state index < -0.39 is 0 Å². The minimum absolute atomic E-state index is 0.210. The number of aryl methyl sites for hydroxylation is 2. The maximum absolute atomic E-state index is 12.8. The number of hydrogen-bond donors (Lipinski definition) is 0. The Labute approximate surface area is 174 Å². The molecule has 0 aliphatic rings. The number of amides is 1. The zero-order chi connectivity index (χ0) is 20.1. The van der Waals surface area contributed by atoms with Crippen LogP contribution >= 0.6 is 23.1 Å². The van der Waals surface area contributed by atoms with E-state index in [2.05, 4.69) is 42.5 Å². The van der Waals surface area contributed by atoms with E-state index in [1.165, 1.54) is 16.0 Å². The summed E-state index contributed by atoms with van der Waals surface area (Å²) in [5.74, 6) is 0.802. The van der Waals surface area contributed by atoms with E-state index in [9.17, 15) is 4.79 Å². The van der Waals surface area contributed by atoms with Crippen molar-refractivity contribution in [2.75, 3.05) is 19.0 Å². The monoisotopic (exact) mass is 414 g/mol. The number of ether oxygens (including phenoxy) is 1. The third-order valence-electron chi connectivity index (χ3n) is 4.57. The summed E-state index contributed by atoms with van der Waals surface area (Å²) in [5.41, 5.74) is 4.20. The van der Waals surface area contributed by atoms with Gasteiger partial charge in [0.05, 0.1) is 16.8 Å². The molecule has 28 heavy (non-hydrogen) atoms. The fraction of sp³-hybridized carbons (Fsp3) is 0.364. The van der Waals surface area contributed by atoms with Crippen molar-refractivity contribution in [1.82, 2.24) is 4.57 Å². The van der Waals surface area contributed by atoms with E-state index in [-0.39, 0.29) is 5.91 Å². The van der Waals surface area contributed by atoms with Crippen LogP contribution in [0.2, 0.25) is 0 Å². The highest BCUT2D eigenvalue weighted by Gasteiger charge is 2.11. The Bertz CT molecular complexity index is 1030. The van der Waals surface area contributed by atoms with Crippen molar-refractivity contribution in [3.63, 3.8) is 0 Å². The summed E-state index contributed by atoms with van der Waals surface area (Å²) >= 11 is 3.32. The first-order valence-corrected chi connectivity index (χ1v) is 11.3. The molecular formula is C22H26N2O2S2. The Balaban J connectivity index is 2.01. The number of carbonyl (C=O) groups excluding carboxylic acids is 1. The van der Waals surface area contributed by atoms with Gasteiger partial charge in [-0.05, 0) is 74.0 Å². The van der Waals surface area contributed by atoms with Gasteiger partial charge >= 0.3 is 0 Å². The summed E-state index contributed by atoms with van der Waals surface area (Å²) < 4.78 is 8.78. The van der Waals surface area contributed by atoms with E-state index in [1.54, 1.807) is 23.1 Å². The van der Waals surface area contributed by atoms with Crippen molar-refractivity contribution in [3.05, 3.63) is 57.9 Å². The predicted octanol–water partition coefficient (Wildman–Crippen LogP) is 5.21. The topological polar surface area (TPSA) is 43.6 Å². The second-order valence-electron chi connectivity index (χ2n) is 6.51. The SMILES string of the molecule is CCOCCn1c(=NC(=O)c2ccc(SCC)cc2)sc2cc(C)c(C)cc21. The van der Waals surface area contributed by atoms with E-state index in [0.717, 1.165) is 20.8 Å².